The van der Waals surface area contributed by atoms with Crippen LogP contribution in [0.15, 0.2) is 0 Å². The monoisotopic (exact) mass is 184 g/mol. The highest BCUT2D eigenvalue weighted by molar-refractivity contribution is 4.83. The highest BCUT2D eigenvalue weighted by Crippen LogP contribution is 2.36. The van der Waals surface area contributed by atoms with Gasteiger partial charge in [-0.3, -0.25) is 0 Å². The Hall–Kier alpha value is -0.0800. The minimum atomic E-state index is 0.854. The lowest BCUT2D eigenvalue weighted by Gasteiger charge is -2.03. The summed E-state index contributed by atoms with van der Waals surface area (Å²) < 4.78 is 0. The lowest BCUT2D eigenvalue weighted by atomic mass is 10.2. The van der Waals surface area contributed by atoms with Gasteiger partial charge in [0.15, 0.2) is 0 Å². The van der Waals surface area contributed by atoms with Crippen molar-refractivity contribution in [1.82, 2.24) is 5.32 Å². The van der Waals surface area contributed by atoms with Crippen LogP contribution in [0, 0.1) is 11.8 Å². The van der Waals surface area contributed by atoms with Gasteiger partial charge in [0, 0.05) is 0 Å². The third kappa shape index (κ3) is 5.27. The van der Waals surface area contributed by atoms with E-state index in [0.29, 0.717) is 0 Å². The van der Waals surface area contributed by atoms with Crippen LogP contribution in [0.5, 0.6) is 0 Å². The Morgan fingerprint density at radius 2 is 1.92 bits per heavy atom. The Morgan fingerprint density at radius 3 is 2.54 bits per heavy atom. The zero-order valence-electron chi connectivity index (χ0n) is 8.89. The summed E-state index contributed by atoms with van der Waals surface area (Å²) in [5, 5.41) is 3.52. The summed E-state index contributed by atoms with van der Waals surface area (Å²) in [6.07, 6.45) is 6.60. The van der Waals surface area contributed by atoms with Gasteiger partial charge in [-0.05, 0) is 50.7 Å². The molecule has 0 saturated heterocycles. The smallest absolute Gasteiger partial charge is 0.00179 e. The summed E-state index contributed by atoms with van der Waals surface area (Å²) in [4.78, 5) is 0. The standard InChI is InChI=1S/C11H24N2/c1-10-8-11(10)9-13-7-5-3-2-4-6-12/h10-11,13H,2-9,12H2,1H3. The fourth-order valence-corrected chi connectivity index (χ4v) is 1.72. The van der Waals surface area contributed by atoms with E-state index in [4.69, 9.17) is 5.73 Å². The van der Waals surface area contributed by atoms with Gasteiger partial charge in [0.2, 0.25) is 0 Å². The zero-order valence-corrected chi connectivity index (χ0v) is 8.89. The Morgan fingerprint density at radius 1 is 1.23 bits per heavy atom. The van der Waals surface area contributed by atoms with E-state index in [0.717, 1.165) is 18.4 Å². The molecule has 2 atom stereocenters. The van der Waals surface area contributed by atoms with Gasteiger partial charge in [-0.1, -0.05) is 19.8 Å². The highest BCUT2D eigenvalue weighted by atomic mass is 14.9. The van der Waals surface area contributed by atoms with E-state index in [1.807, 2.05) is 0 Å². The number of rotatable bonds is 8. The molecule has 0 aromatic heterocycles. The second-order valence-corrected chi connectivity index (χ2v) is 4.38. The van der Waals surface area contributed by atoms with Crippen molar-refractivity contribution >= 4 is 0 Å². The zero-order chi connectivity index (χ0) is 9.52. The maximum atomic E-state index is 5.42. The molecule has 0 aromatic carbocycles. The first kappa shape index (κ1) is 11.0. The van der Waals surface area contributed by atoms with Gasteiger partial charge in [0.05, 0.1) is 0 Å². The summed E-state index contributed by atoms with van der Waals surface area (Å²) in [5.74, 6) is 1.98. The Balaban J connectivity index is 1.69. The molecule has 2 nitrogen and oxygen atoms in total. The van der Waals surface area contributed by atoms with Gasteiger partial charge in [-0.2, -0.15) is 0 Å². The van der Waals surface area contributed by atoms with E-state index in [-0.39, 0.29) is 0 Å². The van der Waals surface area contributed by atoms with Gasteiger partial charge < -0.3 is 11.1 Å². The maximum Gasteiger partial charge on any atom is -0.00179 e. The van der Waals surface area contributed by atoms with Crippen LogP contribution >= 0.6 is 0 Å². The predicted octanol–water partition coefficient (Wildman–Crippen LogP) is 1.75. The molecular formula is C11H24N2. The quantitative estimate of drug-likeness (QED) is 0.564. The van der Waals surface area contributed by atoms with Crippen LogP contribution in [0.3, 0.4) is 0 Å². The second-order valence-electron chi connectivity index (χ2n) is 4.38. The molecule has 1 aliphatic carbocycles. The molecule has 0 bridgehead atoms. The highest BCUT2D eigenvalue weighted by Gasteiger charge is 2.31. The summed E-state index contributed by atoms with van der Waals surface area (Å²) in [7, 11) is 0. The molecule has 13 heavy (non-hydrogen) atoms. The van der Waals surface area contributed by atoms with Crippen molar-refractivity contribution in [2.75, 3.05) is 19.6 Å². The van der Waals surface area contributed by atoms with E-state index >= 15 is 0 Å². The van der Waals surface area contributed by atoms with Gasteiger partial charge in [0.1, 0.15) is 0 Å². The molecule has 1 aliphatic rings. The van der Waals surface area contributed by atoms with Gasteiger partial charge in [-0.25, -0.2) is 0 Å². The number of unbranched alkanes of at least 4 members (excludes halogenated alkanes) is 3. The third-order valence-electron chi connectivity index (χ3n) is 2.99. The first-order valence-electron chi connectivity index (χ1n) is 5.75. The molecule has 78 valence electrons. The molecule has 1 saturated carbocycles. The first-order chi connectivity index (χ1) is 6.34. The van der Waals surface area contributed by atoms with Crippen LogP contribution in [0.4, 0.5) is 0 Å². The van der Waals surface area contributed by atoms with Crippen molar-refractivity contribution in [3.63, 3.8) is 0 Å². The summed E-state index contributed by atoms with van der Waals surface area (Å²) in [6.45, 7) is 5.65. The Bertz CT molecular complexity index is 125. The second kappa shape index (κ2) is 6.39. The lowest BCUT2D eigenvalue weighted by molar-refractivity contribution is 0.562. The molecule has 0 heterocycles. The molecule has 1 fully saturated rings. The van der Waals surface area contributed by atoms with Crippen LogP contribution in [-0.4, -0.2) is 19.6 Å². The average Bonchev–Trinajstić information content (AvgIpc) is 2.81. The van der Waals surface area contributed by atoms with Crippen molar-refractivity contribution in [2.24, 2.45) is 17.6 Å². The van der Waals surface area contributed by atoms with Crippen molar-refractivity contribution < 1.29 is 0 Å². The predicted molar refractivity (Wildman–Crippen MR) is 57.7 cm³/mol. The number of nitrogens with two attached hydrogens (primary N) is 1. The molecule has 0 spiro atoms. The normalized spacial score (nSPS) is 26.3. The minimum Gasteiger partial charge on any atom is -0.330 e. The van der Waals surface area contributed by atoms with E-state index in [2.05, 4.69) is 12.2 Å². The van der Waals surface area contributed by atoms with E-state index in [9.17, 15) is 0 Å². The van der Waals surface area contributed by atoms with Crippen LogP contribution in [0.25, 0.3) is 0 Å². The van der Waals surface area contributed by atoms with E-state index < -0.39 is 0 Å². The molecule has 0 amide bonds. The van der Waals surface area contributed by atoms with Crippen LogP contribution in [0.1, 0.15) is 39.0 Å². The minimum absolute atomic E-state index is 0.854. The van der Waals surface area contributed by atoms with Gasteiger partial charge in [0.25, 0.3) is 0 Å². The fraction of sp³-hybridized carbons (Fsp3) is 1.00. The van der Waals surface area contributed by atoms with Crippen LogP contribution < -0.4 is 11.1 Å². The maximum absolute atomic E-state index is 5.42. The SMILES string of the molecule is CC1CC1CNCCCCCCN. The van der Waals surface area contributed by atoms with Gasteiger partial charge in [-0.15, -0.1) is 0 Å². The largest absolute Gasteiger partial charge is 0.330 e. The number of nitrogens with one attached hydrogen (secondary N) is 1. The van der Waals surface area contributed by atoms with Crippen molar-refractivity contribution in [2.45, 2.75) is 39.0 Å². The number of hydrogen-bond donors (Lipinski definition) is 2. The fourth-order valence-electron chi connectivity index (χ4n) is 1.72. The molecule has 1 rings (SSSR count). The van der Waals surface area contributed by atoms with E-state index in [1.165, 1.54) is 45.2 Å². The van der Waals surface area contributed by atoms with Crippen molar-refractivity contribution in [3.05, 3.63) is 0 Å². The summed E-state index contributed by atoms with van der Waals surface area (Å²) in [6, 6.07) is 0. The number of hydrogen-bond acceptors (Lipinski definition) is 2. The summed E-state index contributed by atoms with van der Waals surface area (Å²) in [5.41, 5.74) is 5.42. The Kier molecular flexibility index (Phi) is 5.40. The molecule has 0 aromatic rings. The van der Waals surface area contributed by atoms with Crippen molar-refractivity contribution in [3.8, 4) is 0 Å². The average molecular weight is 184 g/mol. The Labute approximate surface area is 82.3 Å². The molecule has 2 unspecified atom stereocenters. The third-order valence-corrected chi connectivity index (χ3v) is 2.99. The van der Waals surface area contributed by atoms with Crippen LogP contribution in [-0.2, 0) is 0 Å². The molecule has 3 N–H and O–H groups in total. The van der Waals surface area contributed by atoms with Crippen molar-refractivity contribution in [1.29, 1.82) is 0 Å². The lowest BCUT2D eigenvalue weighted by Crippen LogP contribution is -2.18. The van der Waals surface area contributed by atoms with Gasteiger partial charge >= 0.3 is 0 Å². The first-order valence-corrected chi connectivity index (χ1v) is 5.75. The van der Waals surface area contributed by atoms with Crippen LogP contribution in [0.2, 0.25) is 0 Å². The topological polar surface area (TPSA) is 38.0 Å². The molecular weight excluding hydrogens is 160 g/mol. The molecule has 2 heteroatoms. The molecule has 0 radical (unpaired) electrons. The molecule has 0 aliphatic heterocycles. The summed E-state index contributed by atoms with van der Waals surface area (Å²) >= 11 is 0. The van der Waals surface area contributed by atoms with E-state index in [1.54, 1.807) is 0 Å².